The van der Waals surface area contributed by atoms with Gasteiger partial charge in [0.2, 0.25) is 0 Å². The quantitative estimate of drug-likeness (QED) is 0.262. The van der Waals surface area contributed by atoms with E-state index in [1.807, 2.05) is 42.5 Å². The monoisotopic (exact) mass is 513 g/mol. The summed E-state index contributed by atoms with van der Waals surface area (Å²) >= 11 is 6.03. The largest absolute Gasteiger partial charge is 0.491 e. The second-order valence-corrected chi connectivity index (χ2v) is 8.90. The molecule has 0 radical (unpaired) electrons. The molecule has 0 atom stereocenters. The van der Waals surface area contributed by atoms with Gasteiger partial charge in [0.05, 0.1) is 11.3 Å². The molecule has 1 aliphatic rings. The van der Waals surface area contributed by atoms with Crippen LogP contribution in [0.3, 0.4) is 0 Å². The third-order valence-electron chi connectivity index (χ3n) is 6.07. The van der Waals surface area contributed by atoms with Crippen LogP contribution in [0.5, 0.6) is 0 Å². The highest BCUT2D eigenvalue weighted by Crippen LogP contribution is 2.29. The summed E-state index contributed by atoms with van der Waals surface area (Å²) in [5.41, 5.74) is 4.67. The number of halogens is 4. The number of benzene rings is 2. The summed E-state index contributed by atoms with van der Waals surface area (Å²) in [4.78, 5) is 29.9. The Kier molecular flexibility index (Phi) is 6.27. The van der Waals surface area contributed by atoms with Crippen LogP contribution in [-0.2, 0) is 29.2 Å². The summed E-state index contributed by atoms with van der Waals surface area (Å²) in [7, 11) is 0. The highest BCUT2D eigenvalue weighted by Gasteiger charge is 2.42. The Balaban J connectivity index is 1.35. The lowest BCUT2D eigenvalue weighted by atomic mass is 10.1. The van der Waals surface area contributed by atoms with Crippen molar-refractivity contribution in [2.45, 2.75) is 25.8 Å². The van der Waals surface area contributed by atoms with E-state index in [0.29, 0.717) is 30.0 Å². The molecule has 0 unspecified atom stereocenters. The lowest BCUT2D eigenvalue weighted by molar-refractivity contribution is -0.193. The van der Waals surface area contributed by atoms with Crippen LogP contribution in [0.25, 0.3) is 22.2 Å². The van der Waals surface area contributed by atoms with E-state index in [1.165, 1.54) is 12.1 Å². The number of hydrogen-bond acceptors (Lipinski definition) is 5. The molecule has 0 N–H and O–H groups in total. The minimum Gasteiger partial charge on any atom is -0.383 e. The molecule has 0 bridgehead atoms. The first kappa shape index (κ1) is 24.0. The fraction of sp³-hybridized carbons (Fsp3) is 0.192. The molecule has 0 saturated carbocycles. The van der Waals surface area contributed by atoms with Crippen molar-refractivity contribution >= 4 is 34.4 Å². The number of ether oxygens (including phenoxy) is 1. The molecule has 6 nitrogen and oxygen atoms in total. The molecule has 2 aromatic heterocycles. The van der Waals surface area contributed by atoms with E-state index in [1.54, 1.807) is 12.3 Å². The first-order valence-electron chi connectivity index (χ1n) is 11.1. The number of fused-ring (bicyclic) bond motifs is 3. The third-order valence-corrected chi connectivity index (χ3v) is 6.32. The summed E-state index contributed by atoms with van der Waals surface area (Å²) in [6, 6.07) is 17.8. The van der Waals surface area contributed by atoms with Gasteiger partial charge in [-0.05, 0) is 48.0 Å². The van der Waals surface area contributed by atoms with Gasteiger partial charge in [-0.15, -0.1) is 0 Å². The van der Waals surface area contributed by atoms with Crippen LogP contribution < -0.4 is 0 Å². The maximum Gasteiger partial charge on any atom is 0.491 e. The lowest BCUT2D eigenvalue weighted by Gasteiger charge is -2.29. The normalized spacial score (nSPS) is 14.0. The number of carbonyl (C=O) groups excluding carboxylic acids is 2. The maximum atomic E-state index is 12.4. The Morgan fingerprint density at radius 2 is 1.81 bits per heavy atom. The highest BCUT2D eigenvalue weighted by molar-refractivity contribution is 6.30. The molecule has 10 heteroatoms. The van der Waals surface area contributed by atoms with Gasteiger partial charge in [0.25, 0.3) is 0 Å². The van der Waals surface area contributed by atoms with Gasteiger partial charge in [-0.2, -0.15) is 13.2 Å². The number of hydrogen-bond donors (Lipinski definition) is 0. The molecule has 4 aromatic rings. The summed E-state index contributed by atoms with van der Waals surface area (Å²) in [6.07, 6.45) is -3.48. The number of alkyl halides is 3. The Hall–Kier alpha value is -3.69. The van der Waals surface area contributed by atoms with Crippen molar-refractivity contribution in [1.82, 2.24) is 14.5 Å². The summed E-state index contributed by atoms with van der Waals surface area (Å²) in [5.74, 6) is -3.87. The van der Waals surface area contributed by atoms with Crippen molar-refractivity contribution in [3.63, 3.8) is 0 Å². The van der Waals surface area contributed by atoms with Crippen molar-refractivity contribution in [3.8, 4) is 11.3 Å². The van der Waals surface area contributed by atoms with Gasteiger partial charge >= 0.3 is 18.1 Å². The Bertz CT molecular complexity index is 1470. The van der Waals surface area contributed by atoms with Gasteiger partial charge in [-0.25, -0.2) is 9.59 Å². The molecule has 2 aromatic carbocycles. The molecule has 36 heavy (non-hydrogen) atoms. The first-order chi connectivity index (χ1) is 17.2. The number of carbonyl (C=O) groups is 2. The summed E-state index contributed by atoms with van der Waals surface area (Å²) in [6.45, 7) is 2.78. The molecule has 0 fully saturated rings. The molecule has 0 amide bonds. The van der Waals surface area contributed by atoms with Crippen molar-refractivity contribution in [1.29, 1.82) is 0 Å². The second kappa shape index (κ2) is 9.40. The average Bonchev–Trinajstić information content (AvgIpc) is 3.21. The summed E-state index contributed by atoms with van der Waals surface area (Å²) in [5, 5.41) is 1.34. The minimum atomic E-state index is -5.24. The number of nitrogens with zero attached hydrogens (tertiary/aromatic N) is 3. The molecule has 184 valence electrons. The van der Waals surface area contributed by atoms with Gasteiger partial charge in [0, 0.05) is 59.6 Å². The minimum absolute atomic E-state index is 0.122. The van der Waals surface area contributed by atoms with E-state index in [0.717, 1.165) is 34.6 Å². The molecular weight excluding hydrogens is 495 g/mol. The topological polar surface area (TPSA) is 64.4 Å². The lowest BCUT2D eigenvalue weighted by Crippen LogP contribution is -2.33. The van der Waals surface area contributed by atoms with Crippen LogP contribution >= 0.6 is 11.6 Å². The van der Waals surface area contributed by atoms with Crippen LogP contribution in [0.15, 0.2) is 66.9 Å². The second-order valence-electron chi connectivity index (χ2n) is 8.46. The number of pyridine rings is 1. The predicted octanol–water partition coefficient (Wildman–Crippen LogP) is 5.62. The van der Waals surface area contributed by atoms with Crippen molar-refractivity contribution in [2.24, 2.45) is 0 Å². The van der Waals surface area contributed by atoms with Crippen LogP contribution in [0.2, 0.25) is 5.02 Å². The SMILES string of the molecule is O=C(OC(=O)C(F)(F)F)c1ccc2c(c1)cc1n2CCN(Cc2cccnc2-c2ccc(Cl)cc2)C1. The van der Waals surface area contributed by atoms with Crippen molar-refractivity contribution < 1.29 is 27.5 Å². The van der Waals surface area contributed by atoms with Gasteiger partial charge in [-0.3, -0.25) is 9.88 Å². The van der Waals surface area contributed by atoms with Crippen LogP contribution in [-0.4, -0.2) is 39.1 Å². The predicted molar refractivity (Wildman–Crippen MR) is 127 cm³/mol. The molecule has 1 aliphatic heterocycles. The molecule has 3 heterocycles. The Labute approximate surface area is 208 Å². The molecule has 0 spiro atoms. The fourth-order valence-corrected chi connectivity index (χ4v) is 4.54. The van der Waals surface area contributed by atoms with Crippen LogP contribution in [0, 0.1) is 0 Å². The van der Waals surface area contributed by atoms with Crippen molar-refractivity contribution in [2.75, 3.05) is 6.54 Å². The number of rotatable bonds is 4. The van der Waals surface area contributed by atoms with Gasteiger partial charge in [0.15, 0.2) is 0 Å². The molecular formula is C26H19ClF3N3O3. The van der Waals surface area contributed by atoms with E-state index >= 15 is 0 Å². The number of aromatic nitrogens is 2. The van der Waals surface area contributed by atoms with Crippen molar-refractivity contribution in [3.05, 3.63) is 88.7 Å². The van der Waals surface area contributed by atoms with Gasteiger partial charge < -0.3 is 9.30 Å². The Morgan fingerprint density at radius 3 is 2.56 bits per heavy atom. The van der Waals surface area contributed by atoms with E-state index < -0.39 is 18.1 Å². The zero-order valence-corrected chi connectivity index (χ0v) is 19.5. The average molecular weight is 514 g/mol. The molecule has 0 saturated heterocycles. The zero-order chi connectivity index (χ0) is 25.4. The van der Waals surface area contributed by atoms with E-state index in [2.05, 4.69) is 19.2 Å². The van der Waals surface area contributed by atoms with E-state index in [4.69, 9.17) is 11.6 Å². The number of esters is 2. The smallest absolute Gasteiger partial charge is 0.383 e. The van der Waals surface area contributed by atoms with Gasteiger partial charge in [-0.1, -0.05) is 29.8 Å². The fourth-order valence-electron chi connectivity index (χ4n) is 4.41. The van der Waals surface area contributed by atoms with E-state index in [-0.39, 0.29) is 5.56 Å². The highest BCUT2D eigenvalue weighted by atomic mass is 35.5. The van der Waals surface area contributed by atoms with Gasteiger partial charge in [0.1, 0.15) is 0 Å². The molecule has 5 rings (SSSR count). The zero-order valence-electron chi connectivity index (χ0n) is 18.8. The van der Waals surface area contributed by atoms with E-state index in [9.17, 15) is 22.8 Å². The Morgan fingerprint density at radius 1 is 1.03 bits per heavy atom. The van der Waals surface area contributed by atoms with Crippen LogP contribution in [0.4, 0.5) is 13.2 Å². The standard InChI is InChI=1S/C26H19ClF3N3O3/c27-20-6-3-16(4-7-20)23-18(2-1-9-31-23)14-32-10-11-33-21(15-32)13-19-12-17(5-8-22(19)33)24(34)36-25(35)26(28,29)30/h1-9,12-13H,10-11,14-15H2. The molecule has 0 aliphatic carbocycles. The third kappa shape index (κ3) is 4.84. The van der Waals surface area contributed by atoms with Crippen LogP contribution in [0.1, 0.15) is 21.6 Å². The maximum absolute atomic E-state index is 12.4. The first-order valence-corrected chi connectivity index (χ1v) is 11.4. The summed E-state index contributed by atoms with van der Waals surface area (Å²) < 4.78 is 43.3.